The molecule has 4 heteroatoms. The maximum absolute atomic E-state index is 11.4. The number of phenols is 2. The summed E-state index contributed by atoms with van der Waals surface area (Å²) in [5.74, 6) is 0.627. The molecule has 0 spiro atoms. The zero-order valence-corrected chi connectivity index (χ0v) is 34.0. The van der Waals surface area contributed by atoms with Gasteiger partial charge in [0.1, 0.15) is 0 Å². The molecule has 0 amide bonds. The number of nitrogens with zero attached hydrogens (tertiary/aromatic N) is 1. The van der Waals surface area contributed by atoms with E-state index in [1.54, 1.807) is 14.1 Å². The van der Waals surface area contributed by atoms with Crippen LogP contribution in [0.15, 0.2) is 54.6 Å². The maximum atomic E-state index is 11.4. The van der Waals surface area contributed by atoms with Crippen molar-refractivity contribution >= 4 is 3.90 Å². The largest absolute Gasteiger partial charge is 0.668 e. The van der Waals surface area contributed by atoms with Gasteiger partial charge in [-0.1, -0.05) is 41.5 Å². The van der Waals surface area contributed by atoms with Gasteiger partial charge in [0.2, 0.25) is 0 Å². The van der Waals surface area contributed by atoms with E-state index in [1.165, 1.54) is 3.90 Å². The summed E-state index contributed by atoms with van der Waals surface area (Å²) in [5, 5.41) is 26.3. The fourth-order valence-corrected chi connectivity index (χ4v) is 4.56. The summed E-state index contributed by atoms with van der Waals surface area (Å²) in [5.41, 5.74) is 6.85. The SMILES string of the molecule is CC(C)(C)C(C)(C)C.CC(C)(C)[C](=[Mo])[CH-]c1c(-c2cccc(C(C)(C)C)c2O)cccc1-c1cccc(C(C)(C)C)c1O.C[N-]C. The Morgan fingerprint density at radius 1 is 0.543 bits per heavy atom. The summed E-state index contributed by atoms with van der Waals surface area (Å²) in [6, 6.07) is 18.2. The minimum atomic E-state index is -0.186. The third-order valence-corrected chi connectivity index (χ3v) is 10.4. The van der Waals surface area contributed by atoms with E-state index in [4.69, 9.17) is 0 Å². The van der Waals surface area contributed by atoms with Crippen LogP contribution in [0.1, 0.15) is 121 Å². The molecule has 0 heterocycles. The van der Waals surface area contributed by atoms with Crippen LogP contribution in [0.25, 0.3) is 27.6 Å². The number of hydrogen-bond donors (Lipinski definition) is 2. The van der Waals surface area contributed by atoms with Crippen LogP contribution in [0.4, 0.5) is 0 Å². The Kier molecular flexibility index (Phi) is 14.2. The van der Waals surface area contributed by atoms with Gasteiger partial charge in [0.15, 0.2) is 0 Å². The van der Waals surface area contributed by atoms with Gasteiger partial charge in [-0.2, -0.15) is 14.1 Å². The molecule has 0 unspecified atom stereocenters. The van der Waals surface area contributed by atoms with E-state index >= 15 is 0 Å². The first-order chi connectivity index (χ1) is 20.7. The van der Waals surface area contributed by atoms with Gasteiger partial charge < -0.3 is 5.32 Å². The first kappa shape index (κ1) is 41.7. The quantitative estimate of drug-likeness (QED) is 0.209. The average Bonchev–Trinajstić information content (AvgIpc) is 2.87. The van der Waals surface area contributed by atoms with Gasteiger partial charge in [-0.15, -0.1) is 0 Å². The number of aromatic hydroxyl groups is 2. The van der Waals surface area contributed by atoms with Crippen LogP contribution in [-0.2, 0) is 30.2 Å². The normalized spacial score (nSPS) is 12.4. The third kappa shape index (κ3) is 11.1. The number of para-hydroxylation sites is 2. The predicted octanol–water partition coefficient (Wildman–Crippen LogP) is 12.0. The van der Waals surface area contributed by atoms with Crippen LogP contribution in [-0.4, -0.2) is 28.2 Å². The summed E-state index contributed by atoms with van der Waals surface area (Å²) in [6.45, 7) is 32.9. The molecule has 3 aromatic rings. The summed E-state index contributed by atoms with van der Waals surface area (Å²) >= 11 is 2.06. The molecule has 46 heavy (non-hydrogen) atoms. The molecule has 3 rings (SSSR count). The summed E-state index contributed by atoms with van der Waals surface area (Å²) in [4.78, 5) is 0. The second-order valence-electron chi connectivity index (χ2n) is 17.4. The second-order valence-corrected chi connectivity index (χ2v) is 18.5. The number of phenolic OH excluding ortho intramolecular Hbond substituents is 2. The van der Waals surface area contributed by atoms with Gasteiger partial charge in [0.25, 0.3) is 0 Å². The van der Waals surface area contributed by atoms with Gasteiger partial charge in [-0.25, -0.2) is 0 Å². The molecule has 0 fully saturated rings. The van der Waals surface area contributed by atoms with Crippen molar-refractivity contribution < 1.29 is 29.6 Å². The number of benzene rings is 3. The Balaban J connectivity index is 0.000000827. The molecule has 2 N–H and O–H groups in total. The average molecular weight is 710 g/mol. The molecule has 0 atom stereocenters. The van der Waals surface area contributed by atoms with Gasteiger partial charge >= 0.3 is 223 Å². The van der Waals surface area contributed by atoms with Crippen LogP contribution in [0.2, 0.25) is 0 Å². The standard InChI is InChI=1S/C32H39O2.C8H18.C2H6N.Mo/c1-30(2,3)20-19-23-21(24-15-11-17-26(28(24)33)31(4,5)6)13-10-14-22(23)25-16-12-18-27(29(25)34)32(7,8)9;1-7(2,3)8(4,5)6;1-3-2;/h10-19,33-34H,1-9H3;1-6H3;1-2H3;/q-1;;-1;. The van der Waals surface area contributed by atoms with Crippen molar-refractivity contribution in [1.82, 2.24) is 0 Å². The van der Waals surface area contributed by atoms with E-state index in [-0.39, 0.29) is 16.2 Å². The first-order valence-corrected chi connectivity index (χ1v) is 17.4. The van der Waals surface area contributed by atoms with Crippen molar-refractivity contribution in [2.45, 2.75) is 115 Å². The molecule has 3 nitrogen and oxygen atoms in total. The van der Waals surface area contributed by atoms with Crippen molar-refractivity contribution in [3.63, 3.8) is 0 Å². The van der Waals surface area contributed by atoms with Gasteiger partial charge in [0, 0.05) is 0 Å². The van der Waals surface area contributed by atoms with Crippen molar-refractivity contribution in [2.75, 3.05) is 14.1 Å². The van der Waals surface area contributed by atoms with E-state index in [0.717, 1.165) is 38.9 Å². The van der Waals surface area contributed by atoms with E-state index in [2.05, 4.69) is 147 Å². The van der Waals surface area contributed by atoms with Crippen molar-refractivity contribution in [3.05, 3.63) is 83.0 Å². The predicted molar refractivity (Wildman–Crippen MR) is 200 cm³/mol. The van der Waals surface area contributed by atoms with Crippen LogP contribution < -0.4 is 0 Å². The molecule has 0 aliphatic heterocycles. The minimum Gasteiger partial charge on any atom is -0.668 e. The Labute approximate surface area is 294 Å². The topological polar surface area (TPSA) is 54.6 Å². The van der Waals surface area contributed by atoms with Crippen LogP contribution in [0, 0.1) is 22.7 Å². The smallest absolute Gasteiger partial charge is 0.162 e. The monoisotopic (exact) mass is 711 g/mol. The van der Waals surface area contributed by atoms with E-state index in [9.17, 15) is 10.2 Å². The van der Waals surface area contributed by atoms with Crippen LogP contribution in [0.5, 0.6) is 11.5 Å². The molecule has 0 saturated carbocycles. The molecule has 256 valence electrons. The molecule has 0 bridgehead atoms. The fourth-order valence-electron chi connectivity index (χ4n) is 4.27. The van der Waals surface area contributed by atoms with Gasteiger partial charge in [0.05, 0.1) is 0 Å². The van der Waals surface area contributed by atoms with E-state index in [0.29, 0.717) is 22.3 Å². The molecule has 0 saturated heterocycles. The molecule has 0 aromatic heterocycles. The number of hydrogen-bond acceptors (Lipinski definition) is 2. The fraction of sp³-hybridized carbons (Fsp3) is 0.524. The molecular formula is C42H63MoNO2-2. The Bertz CT molecular complexity index is 1360. The van der Waals surface area contributed by atoms with Gasteiger partial charge in [-0.3, -0.25) is 0 Å². The van der Waals surface area contributed by atoms with Crippen molar-refractivity contribution in [3.8, 4) is 33.8 Å². The van der Waals surface area contributed by atoms with E-state index < -0.39 is 0 Å². The third-order valence-electron chi connectivity index (χ3n) is 8.64. The van der Waals surface area contributed by atoms with Crippen LogP contribution >= 0.6 is 0 Å². The summed E-state index contributed by atoms with van der Waals surface area (Å²) < 4.78 is 1.24. The van der Waals surface area contributed by atoms with E-state index in [1.807, 2.05) is 42.5 Å². The molecule has 0 radical (unpaired) electrons. The second kappa shape index (κ2) is 15.7. The molecule has 0 aliphatic rings. The van der Waals surface area contributed by atoms with Crippen molar-refractivity contribution in [1.29, 1.82) is 0 Å². The maximum Gasteiger partial charge on any atom is -0.162 e. The molecular weight excluding hydrogens is 646 g/mol. The van der Waals surface area contributed by atoms with Crippen molar-refractivity contribution in [2.24, 2.45) is 16.2 Å². The van der Waals surface area contributed by atoms with Gasteiger partial charge in [-0.05, 0) is 10.8 Å². The Morgan fingerprint density at radius 2 is 0.826 bits per heavy atom. The Morgan fingerprint density at radius 3 is 1.09 bits per heavy atom. The van der Waals surface area contributed by atoms with Crippen LogP contribution in [0.3, 0.4) is 0 Å². The minimum absolute atomic E-state index is 0.0144. The zero-order valence-electron chi connectivity index (χ0n) is 32.0. The first-order valence-electron chi connectivity index (χ1n) is 16.4. The number of rotatable bonds is 4. The molecule has 3 aromatic carbocycles. The zero-order chi connectivity index (χ0) is 36.1. The molecule has 0 aliphatic carbocycles. The summed E-state index contributed by atoms with van der Waals surface area (Å²) in [7, 11) is 3.50. The summed E-state index contributed by atoms with van der Waals surface area (Å²) in [6.07, 6.45) is 2.22. The Hall–Kier alpha value is -2.35.